The zero-order valence-electron chi connectivity index (χ0n) is 10.5. The van der Waals surface area contributed by atoms with Crippen LogP contribution in [0.1, 0.15) is 25.3 Å². The second kappa shape index (κ2) is 4.65. The number of fused-ring (bicyclic) bond motifs is 1. The molecule has 0 unspecified atom stereocenters. The maximum atomic E-state index is 5.48. The summed E-state index contributed by atoms with van der Waals surface area (Å²) >= 11 is -1.95. The minimum absolute atomic E-state index is 0.605. The molecule has 1 nitrogen and oxygen atoms in total. The third-order valence-electron chi connectivity index (χ3n) is 2.64. The van der Waals surface area contributed by atoms with Crippen LogP contribution in [-0.2, 0) is 0 Å². The van der Waals surface area contributed by atoms with E-state index >= 15 is 0 Å². The Balaban J connectivity index is 2.55. The van der Waals surface area contributed by atoms with E-state index in [1.165, 1.54) is 15.4 Å². The molecule has 2 rings (SSSR count). The number of hydrogen-bond acceptors (Lipinski definition) is 3. The van der Waals surface area contributed by atoms with Gasteiger partial charge in [-0.25, -0.2) is 0 Å². The molecule has 0 saturated heterocycles. The fourth-order valence-electron chi connectivity index (χ4n) is 1.89. The summed E-state index contributed by atoms with van der Waals surface area (Å²) in [6, 6.07) is 4.37. The van der Waals surface area contributed by atoms with Crippen molar-refractivity contribution in [1.82, 2.24) is 0 Å². The number of ether oxygens (including phenoxy) is 1. The van der Waals surface area contributed by atoms with Gasteiger partial charge in [-0.1, -0.05) is 0 Å². The van der Waals surface area contributed by atoms with Crippen LogP contribution in [-0.4, -0.2) is 22.7 Å². The predicted octanol–water partition coefficient (Wildman–Crippen LogP) is 4.72. The van der Waals surface area contributed by atoms with E-state index in [9.17, 15) is 0 Å². The Kier molecular flexibility index (Phi) is 3.77. The summed E-state index contributed by atoms with van der Waals surface area (Å²) in [6.45, 7) is 4.54. The van der Waals surface area contributed by atoms with Crippen molar-refractivity contribution in [3.63, 3.8) is 0 Å². The van der Waals surface area contributed by atoms with Gasteiger partial charge in [0.25, 0.3) is 0 Å². The van der Waals surface area contributed by atoms with Crippen molar-refractivity contribution < 1.29 is 4.74 Å². The van der Waals surface area contributed by atoms with E-state index in [-0.39, 0.29) is 0 Å². The third-order valence-corrected chi connectivity index (χ3v) is 20.3. The van der Waals surface area contributed by atoms with Crippen LogP contribution in [0.4, 0.5) is 0 Å². The SMILES string of the molecule is COc1ccc(C(C)C)c2c1[S][Sn]([CH3])([CH3])[S]2. The summed E-state index contributed by atoms with van der Waals surface area (Å²) in [6.07, 6.45) is 0. The van der Waals surface area contributed by atoms with Crippen LogP contribution in [0.15, 0.2) is 21.9 Å². The van der Waals surface area contributed by atoms with Crippen molar-refractivity contribution in [3.05, 3.63) is 17.7 Å². The van der Waals surface area contributed by atoms with E-state index < -0.39 is 15.6 Å². The predicted molar refractivity (Wildman–Crippen MR) is 76.3 cm³/mol. The molecular weight excluding hydrogens is 343 g/mol. The summed E-state index contributed by atoms with van der Waals surface area (Å²) < 4.78 is 5.48. The third kappa shape index (κ3) is 2.36. The van der Waals surface area contributed by atoms with Gasteiger partial charge in [-0.3, -0.25) is 0 Å². The molecular formula is C12H18OS2Sn. The van der Waals surface area contributed by atoms with Gasteiger partial charge >= 0.3 is 108 Å². The zero-order chi connectivity index (χ0) is 11.9. The summed E-state index contributed by atoms with van der Waals surface area (Å²) in [5.74, 6) is 1.67. The van der Waals surface area contributed by atoms with Crippen LogP contribution in [0.5, 0.6) is 5.75 Å². The molecule has 0 atom stereocenters. The molecule has 88 valence electrons. The quantitative estimate of drug-likeness (QED) is 0.706. The summed E-state index contributed by atoms with van der Waals surface area (Å²) in [7, 11) is 6.07. The van der Waals surface area contributed by atoms with E-state index in [0.717, 1.165) is 5.75 Å². The van der Waals surface area contributed by atoms with Crippen LogP contribution >= 0.6 is 17.9 Å². The molecule has 1 aliphatic rings. The molecule has 0 aliphatic carbocycles. The molecule has 0 saturated carbocycles. The number of rotatable bonds is 2. The summed E-state index contributed by atoms with van der Waals surface area (Å²) in [4.78, 5) is 7.89. The fourth-order valence-corrected chi connectivity index (χ4v) is 22.1. The first-order chi connectivity index (χ1) is 7.44. The van der Waals surface area contributed by atoms with Crippen LogP contribution in [0, 0.1) is 0 Å². The average molecular weight is 361 g/mol. The van der Waals surface area contributed by atoms with Crippen molar-refractivity contribution in [1.29, 1.82) is 0 Å². The maximum absolute atomic E-state index is 5.48. The van der Waals surface area contributed by atoms with Crippen LogP contribution in [0.25, 0.3) is 0 Å². The molecule has 1 aromatic carbocycles. The van der Waals surface area contributed by atoms with E-state index in [4.69, 9.17) is 4.74 Å². The van der Waals surface area contributed by atoms with Crippen molar-refractivity contribution in [2.75, 3.05) is 7.11 Å². The Morgan fingerprint density at radius 3 is 2.31 bits per heavy atom. The van der Waals surface area contributed by atoms with Gasteiger partial charge < -0.3 is 0 Å². The van der Waals surface area contributed by atoms with Crippen molar-refractivity contribution in [2.24, 2.45) is 0 Å². The summed E-state index contributed by atoms with van der Waals surface area (Å²) in [5, 5.41) is 0. The molecule has 0 aromatic heterocycles. The van der Waals surface area contributed by atoms with Crippen LogP contribution in [0.2, 0.25) is 9.88 Å². The molecule has 0 fully saturated rings. The average Bonchev–Trinajstić information content (AvgIpc) is 2.50. The monoisotopic (exact) mass is 362 g/mol. The first kappa shape index (κ1) is 13.0. The molecule has 1 aliphatic heterocycles. The van der Waals surface area contributed by atoms with Gasteiger partial charge in [0.05, 0.1) is 0 Å². The normalized spacial score (nSPS) is 17.6. The fraction of sp³-hybridized carbons (Fsp3) is 0.500. The Bertz CT molecular complexity index is 416. The Labute approximate surface area is 107 Å². The van der Waals surface area contributed by atoms with E-state index in [1.54, 1.807) is 7.11 Å². The molecule has 0 amide bonds. The van der Waals surface area contributed by atoms with Gasteiger partial charge in [0.15, 0.2) is 0 Å². The molecule has 1 aromatic rings. The van der Waals surface area contributed by atoms with Gasteiger partial charge in [0, 0.05) is 0 Å². The van der Waals surface area contributed by atoms with Gasteiger partial charge in [-0.2, -0.15) is 0 Å². The van der Waals surface area contributed by atoms with Crippen molar-refractivity contribution in [2.45, 2.75) is 39.4 Å². The van der Waals surface area contributed by atoms with Crippen molar-refractivity contribution in [3.8, 4) is 5.75 Å². The second-order valence-electron chi connectivity index (χ2n) is 4.77. The molecule has 1 heterocycles. The van der Waals surface area contributed by atoms with E-state index in [2.05, 4.69) is 53.8 Å². The number of methoxy groups -OCH3 is 1. The molecule has 0 spiro atoms. The van der Waals surface area contributed by atoms with Gasteiger partial charge in [-0.05, 0) is 0 Å². The standard InChI is InChI=1S/C10H14OS2.2CH3.Sn/c1-6(2)7-4-5-8(11-3)10(13)9(7)12;;;/h4-6,12-13H,1-3H3;2*1H3;/q;;;+2/p-2. The van der Waals surface area contributed by atoms with Crippen LogP contribution < -0.4 is 4.74 Å². The van der Waals surface area contributed by atoms with Gasteiger partial charge in [0.1, 0.15) is 0 Å². The van der Waals surface area contributed by atoms with Crippen molar-refractivity contribution >= 4 is 33.5 Å². The molecule has 4 heteroatoms. The van der Waals surface area contributed by atoms with Gasteiger partial charge in [-0.15, -0.1) is 0 Å². The molecule has 16 heavy (non-hydrogen) atoms. The van der Waals surface area contributed by atoms with E-state index in [1.807, 2.05) is 0 Å². The molecule has 0 N–H and O–H groups in total. The first-order valence-corrected chi connectivity index (χ1v) is 19.9. The Morgan fingerprint density at radius 2 is 1.75 bits per heavy atom. The topological polar surface area (TPSA) is 9.23 Å². The molecule has 0 bridgehead atoms. The van der Waals surface area contributed by atoms with Gasteiger partial charge in [0.2, 0.25) is 0 Å². The first-order valence-electron chi connectivity index (χ1n) is 5.53. The number of benzene rings is 1. The summed E-state index contributed by atoms with van der Waals surface area (Å²) in [5.41, 5.74) is 1.50. The van der Waals surface area contributed by atoms with Crippen LogP contribution in [0.3, 0.4) is 0 Å². The second-order valence-corrected chi connectivity index (χ2v) is 32.9. The Morgan fingerprint density at radius 1 is 1.12 bits per heavy atom. The molecule has 0 radical (unpaired) electrons. The Hall–Kier alpha value is 0.519. The number of hydrogen-bond donors (Lipinski definition) is 0. The van der Waals surface area contributed by atoms with E-state index in [0.29, 0.717) is 5.92 Å². The zero-order valence-corrected chi connectivity index (χ0v) is 14.9. The minimum atomic E-state index is -1.95.